The van der Waals surface area contributed by atoms with Gasteiger partial charge in [-0.15, -0.1) is 0 Å². The number of aliphatic imine (C=N–C) groups is 1. The van der Waals surface area contributed by atoms with E-state index in [4.69, 9.17) is 14.9 Å². The molecule has 1 rings (SSSR count). The molecule has 0 amide bonds. The number of nitrogens with zero attached hydrogens (tertiary/aromatic N) is 1. The molecule has 0 unspecified atom stereocenters. The van der Waals surface area contributed by atoms with E-state index in [1.165, 1.54) is 13.3 Å². The Kier molecular flexibility index (Phi) is 4.75. The molecule has 5 nitrogen and oxygen atoms in total. The number of hydrogen-bond acceptors (Lipinski definition) is 5. The van der Waals surface area contributed by atoms with Crippen LogP contribution < -0.4 is 4.74 Å². The highest BCUT2D eigenvalue weighted by Gasteiger charge is 2.06. The van der Waals surface area contributed by atoms with Crippen LogP contribution in [0.1, 0.15) is 5.56 Å². The van der Waals surface area contributed by atoms with Crippen molar-refractivity contribution in [3.8, 4) is 11.5 Å². The number of aliphatic hydroxyl groups excluding tert-OH is 2. The van der Waals surface area contributed by atoms with Crippen LogP contribution in [0.2, 0.25) is 0 Å². The SMILES string of the molecule is COc1cccc(C=NC(CO)CO)c1O. The quantitative estimate of drug-likeness (QED) is 0.624. The summed E-state index contributed by atoms with van der Waals surface area (Å²) in [6.45, 7) is -0.477. The van der Waals surface area contributed by atoms with Gasteiger partial charge in [-0.25, -0.2) is 0 Å². The molecule has 0 bridgehead atoms. The molecule has 0 spiro atoms. The maximum absolute atomic E-state index is 9.71. The molecule has 16 heavy (non-hydrogen) atoms. The molecule has 0 aliphatic carbocycles. The summed E-state index contributed by atoms with van der Waals surface area (Å²) in [4.78, 5) is 3.93. The highest BCUT2D eigenvalue weighted by Crippen LogP contribution is 2.27. The van der Waals surface area contributed by atoms with Crippen molar-refractivity contribution in [2.45, 2.75) is 6.04 Å². The summed E-state index contributed by atoms with van der Waals surface area (Å²) in [5.74, 6) is 0.344. The van der Waals surface area contributed by atoms with Crippen molar-refractivity contribution in [1.29, 1.82) is 0 Å². The number of hydrogen-bond donors (Lipinski definition) is 3. The number of methoxy groups -OCH3 is 1. The third-order valence-corrected chi connectivity index (χ3v) is 2.10. The fraction of sp³-hybridized carbons (Fsp3) is 0.364. The summed E-state index contributed by atoms with van der Waals surface area (Å²) >= 11 is 0. The van der Waals surface area contributed by atoms with Crippen molar-refractivity contribution in [2.75, 3.05) is 20.3 Å². The molecule has 0 saturated heterocycles. The molecule has 0 aliphatic heterocycles. The van der Waals surface area contributed by atoms with Gasteiger partial charge in [0.15, 0.2) is 11.5 Å². The summed E-state index contributed by atoms with van der Waals surface area (Å²) in [7, 11) is 1.46. The molecule has 0 radical (unpaired) electrons. The van der Waals surface area contributed by atoms with Gasteiger partial charge >= 0.3 is 0 Å². The van der Waals surface area contributed by atoms with E-state index in [1.54, 1.807) is 18.2 Å². The van der Waals surface area contributed by atoms with E-state index in [9.17, 15) is 5.11 Å². The van der Waals surface area contributed by atoms with Gasteiger partial charge in [-0.3, -0.25) is 4.99 Å². The van der Waals surface area contributed by atoms with Gasteiger partial charge in [-0.05, 0) is 12.1 Å². The zero-order valence-electron chi connectivity index (χ0n) is 9.00. The first-order valence-corrected chi connectivity index (χ1v) is 4.83. The minimum atomic E-state index is -0.564. The van der Waals surface area contributed by atoms with Gasteiger partial charge in [0.2, 0.25) is 0 Å². The Hall–Kier alpha value is -1.59. The van der Waals surface area contributed by atoms with Gasteiger partial charge in [-0.2, -0.15) is 0 Å². The van der Waals surface area contributed by atoms with Crippen molar-refractivity contribution >= 4 is 6.21 Å². The van der Waals surface area contributed by atoms with Crippen LogP contribution in [0, 0.1) is 0 Å². The summed E-state index contributed by atoms with van der Waals surface area (Å²) in [5.41, 5.74) is 0.478. The first kappa shape index (κ1) is 12.5. The fourth-order valence-electron chi connectivity index (χ4n) is 1.15. The minimum Gasteiger partial charge on any atom is -0.504 e. The van der Waals surface area contributed by atoms with E-state index >= 15 is 0 Å². The highest BCUT2D eigenvalue weighted by atomic mass is 16.5. The van der Waals surface area contributed by atoms with E-state index in [0.717, 1.165) is 0 Å². The lowest BCUT2D eigenvalue weighted by Gasteiger charge is -2.06. The number of ether oxygens (including phenoxy) is 1. The van der Waals surface area contributed by atoms with Gasteiger partial charge in [0, 0.05) is 11.8 Å². The molecular formula is C11H15NO4. The molecule has 0 saturated carbocycles. The molecule has 1 aromatic carbocycles. The highest BCUT2D eigenvalue weighted by molar-refractivity contribution is 5.84. The number of benzene rings is 1. The molecule has 0 aromatic heterocycles. The molecule has 0 heterocycles. The lowest BCUT2D eigenvalue weighted by molar-refractivity contribution is 0.195. The fourth-order valence-corrected chi connectivity index (χ4v) is 1.15. The third-order valence-electron chi connectivity index (χ3n) is 2.10. The normalized spacial score (nSPS) is 11.2. The molecule has 0 fully saturated rings. The van der Waals surface area contributed by atoms with Gasteiger partial charge in [0.25, 0.3) is 0 Å². The Labute approximate surface area is 93.6 Å². The van der Waals surface area contributed by atoms with E-state index in [-0.39, 0.29) is 19.0 Å². The predicted molar refractivity (Wildman–Crippen MR) is 60.2 cm³/mol. The second kappa shape index (κ2) is 6.09. The first-order valence-electron chi connectivity index (χ1n) is 4.83. The molecule has 3 N–H and O–H groups in total. The number of phenols is 1. The molecule has 0 atom stereocenters. The minimum absolute atomic E-state index is 0.0108. The summed E-state index contributed by atoms with van der Waals surface area (Å²) < 4.78 is 4.93. The molecule has 0 aliphatic rings. The second-order valence-corrected chi connectivity index (χ2v) is 3.20. The van der Waals surface area contributed by atoms with Crippen molar-refractivity contribution < 1.29 is 20.1 Å². The van der Waals surface area contributed by atoms with E-state index < -0.39 is 6.04 Å². The number of phenolic OH excluding ortho intramolecular Hbond substituents is 1. The first-order chi connectivity index (χ1) is 7.72. The number of para-hydroxylation sites is 1. The van der Waals surface area contributed by atoms with Crippen LogP contribution in [0.25, 0.3) is 0 Å². The Balaban J connectivity index is 2.88. The molecular weight excluding hydrogens is 210 g/mol. The van der Waals surface area contributed by atoms with Gasteiger partial charge in [0.05, 0.1) is 26.4 Å². The van der Waals surface area contributed by atoms with Crippen molar-refractivity contribution in [3.05, 3.63) is 23.8 Å². The Morgan fingerprint density at radius 1 is 1.38 bits per heavy atom. The number of aliphatic hydroxyl groups is 2. The second-order valence-electron chi connectivity index (χ2n) is 3.20. The maximum Gasteiger partial charge on any atom is 0.166 e. The average Bonchev–Trinajstić information content (AvgIpc) is 2.32. The van der Waals surface area contributed by atoms with Crippen LogP contribution in [0.4, 0.5) is 0 Å². The number of rotatable bonds is 5. The van der Waals surface area contributed by atoms with Crippen LogP contribution in [-0.2, 0) is 0 Å². The predicted octanol–water partition coefficient (Wildman–Crippen LogP) is 0.173. The summed E-state index contributed by atoms with van der Waals surface area (Å²) in [6.07, 6.45) is 1.40. The summed E-state index contributed by atoms with van der Waals surface area (Å²) in [5, 5.41) is 27.3. The van der Waals surface area contributed by atoms with Gasteiger partial charge in [0.1, 0.15) is 0 Å². The lowest BCUT2D eigenvalue weighted by Crippen LogP contribution is -2.15. The van der Waals surface area contributed by atoms with Crippen molar-refractivity contribution in [1.82, 2.24) is 0 Å². The van der Waals surface area contributed by atoms with Gasteiger partial charge < -0.3 is 20.1 Å². The smallest absolute Gasteiger partial charge is 0.166 e. The topological polar surface area (TPSA) is 82.3 Å². The maximum atomic E-state index is 9.71. The van der Waals surface area contributed by atoms with Crippen LogP contribution in [0.3, 0.4) is 0 Å². The van der Waals surface area contributed by atoms with Gasteiger partial charge in [-0.1, -0.05) is 6.07 Å². The molecule has 88 valence electrons. The zero-order chi connectivity index (χ0) is 12.0. The van der Waals surface area contributed by atoms with E-state index in [1.807, 2.05) is 0 Å². The van der Waals surface area contributed by atoms with Crippen LogP contribution in [-0.4, -0.2) is 47.9 Å². The van der Waals surface area contributed by atoms with Crippen LogP contribution in [0.5, 0.6) is 11.5 Å². The summed E-state index contributed by atoms with van der Waals surface area (Å²) in [6, 6.07) is 4.44. The largest absolute Gasteiger partial charge is 0.504 e. The van der Waals surface area contributed by atoms with E-state index in [0.29, 0.717) is 11.3 Å². The standard InChI is InChI=1S/C11H15NO4/c1-16-10-4-2-3-8(11(10)15)5-12-9(6-13)7-14/h2-5,9,13-15H,6-7H2,1H3. The molecule has 1 aromatic rings. The zero-order valence-corrected chi connectivity index (χ0v) is 9.00. The Bertz CT molecular complexity index is 361. The third kappa shape index (κ3) is 2.95. The monoisotopic (exact) mass is 225 g/mol. The lowest BCUT2D eigenvalue weighted by atomic mass is 10.2. The van der Waals surface area contributed by atoms with Crippen molar-refractivity contribution in [3.63, 3.8) is 0 Å². The van der Waals surface area contributed by atoms with Crippen LogP contribution in [0.15, 0.2) is 23.2 Å². The van der Waals surface area contributed by atoms with Crippen molar-refractivity contribution in [2.24, 2.45) is 4.99 Å². The van der Waals surface area contributed by atoms with Crippen LogP contribution >= 0.6 is 0 Å². The van der Waals surface area contributed by atoms with E-state index in [2.05, 4.69) is 4.99 Å². The molecule has 5 heteroatoms. The Morgan fingerprint density at radius 2 is 2.06 bits per heavy atom. The Morgan fingerprint density at radius 3 is 2.62 bits per heavy atom. The average molecular weight is 225 g/mol. The number of aromatic hydroxyl groups is 1.